The first-order valence-electron chi connectivity index (χ1n) is 9.71. The molecule has 0 radical (unpaired) electrons. The van der Waals surface area contributed by atoms with Gasteiger partial charge in [-0.05, 0) is 29.7 Å². The number of Topliss-reactive ketones (excluding diaryl/α,β-unsaturated/α-hetero) is 1. The number of rotatable bonds is 5. The van der Waals surface area contributed by atoms with Crippen LogP contribution in [-0.4, -0.2) is 40.5 Å². The van der Waals surface area contributed by atoms with Gasteiger partial charge in [0.1, 0.15) is 17.5 Å². The summed E-state index contributed by atoms with van der Waals surface area (Å²) in [6, 6.07) is 5.29. The van der Waals surface area contributed by atoms with E-state index in [1.807, 2.05) is 22.9 Å². The molecule has 1 aromatic carbocycles. The van der Waals surface area contributed by atoms with E-state index in [0.717, 1.165) is 29.0 Å². The van der Waals surface area contributed by atoms with E-state index >= 15 is 0 Å². The van der Waals surface area contributed by atoms with Crippen LogP contribution in [0.2, 0.25) is 0 Å². The lowest BCUT2D eigenvalue weighted by Gasteiger charge is -2.38. The predicted octanol–water partition coefficient (Wildman–Crippen LogP) is 4.07. The number of aromatic nitrogens is 3. The van der Waals surface area contributed by atoms with E-state index in [0.29, 0.717) is 29.0 Å². The molecule has 0 spiro atoms. The number of carbonyl (C=O) groups excluding carboxylic acids is 1. The van der Waals surface area contributed by atoms with Crippen molar-refractivity contribution < 1.29 is 14.3 Å². The molecule has 154 valence electrons. The van der Waals surface area contributed by atoms with Crippen molar-refractivity contribution >= 4 is 23.5 Å². The number of ketones is 1. The molecular formula is C21H26N4O3S. The summed E-state index contributed by atoms with van der Waals surface area (Å²) in [6.45, 7) is 6.31. The quantitative estimate of drug-likeness (QED) is 0.739. The van der Waals surface area contributed by atoms with Crippen molar-refractivity contribution in [2.75, 3.05) is 25.3 Å². The summed E-state index contributed by atoms with van der Waals surface area (Å²) in [6.07, 6.45) is 1.29. The molecule has 2 heterocycles. The van der Waals surface area contributed by atoms with Gasteiger partial charge in [-0.2, -0.15) is 4.98 Å². The Morgan fingerprint density at radius 1 is 1.28 bits per heavy atom. The normalized spacial score (nSPS) is 20.0. The predicted molar refractivity (Wildman–Crippen MR) is 113 cm³/mol. The maximum Gasteiger partial charge on any atom is 0.227 e. The summed E-state index contributed by atoms with van der Waals surface area (Å²) in [5.41, 5.74) is 2.45. The van der Waals surface area contributed by atoms with Gasteiger partial charge in [0.25, 0.3) is 0 Å². The highest BCUT2D eigenvalue weighted by Gasteiger charge is 2.42. The Morgan fingerprint density at radius 2 is 2.07 bits per heavy atom. The van der Waals surface area contributed by atoms with Gasteiger partial charge in [-0.1, -0.05) is 32.5 Å². The van der Waals surface area contributed by atoms with Gasteiger partial charge in [0.05, 0.1) is 14.2 Å². The molecule has 1 N–H and O–H groups in total. The van der Waals surface area contributed by atoms with Gasteiger partial charge in [0.2, 0.25) is 11.1 Å². The molecule has 0 saturated carbocycles. The smallest absolute Gasteiger partial charge is 0.227 e. The Bertz CT molecular complexity index is 996. The Kier molecular flexibility index (Phi) is 5.06. The van der Waals surface area contributed by atoms with E-state index in [2.05, 4.69) is 31.1 Å². The van der Waals surface area contributed by atoms with Crippen LogP contribution in [0.15, 0.2) is 34.6 Å². The molecular weight excluding hydrogens is 388 g/mol. The molecule has 4 rings (SSSR count). The number of hydrogen-bond donors (Lipinski definition) is 1. The van der Waals surface area contributed by atoms with Crippen LogP contribution in [0.1, 0.15) is 45.2 Å². The van der Waals surface area contributed by atoms with Gasteiger partial charge in [0.15, 0.2) is 5.78 Å². The van der Waals surface area contributed by atoms with Crippen molar-refractivity contribution in [3.05, 3.63) is 35.0 Å². The van der Waals surface area contributed by atoms with E-state index in [1.54, 1.807) is 26.0 Å². The first-order chi connectivity index (χ1) is 13.9. The molecule has 0 saturated heterocycles. The van der Waals surface area contributed by atoms with Crippen molar-refractivity contribution in [2.24, 2.45) is 5.41 Å². The van der Waals surface area contributed by atoms with Crippen LogP contribution in [-0.2, 0) is 4.79 Å². The largest absolute Gasteiger partial charge is 0.497 e. The Morgan fingerprint density at radius 3 is 2.76 bits per heavy atom. The number of nitrogens with one attached hydrogen (secondary N) is 1. The van der Waals surface area contributed by atoms with Crippen molar-refractivity contribution in [1.29, 1.82) is 0 Å². The Balaban J connectivity index is 1.91. The van der Waals surface area contributed by atoms with E-state index in [-0.39, 0.29) is 17.2 Å². The lowest BCUT2D eigenvalue weighted by Crippen LogP contribution is -2.36. The molecule has 0 unspecified atom stereocenters. The van der Waals surface area contributed by atoms with E-state index < -0.39 is 0 Å². The van der Waals surface area contributed by atoms with Crippen LogP contribution in [0.3, 0.4) is 0 Å². The summed E-state index contributed by atoms with van der Waals surface area (Å²) in [7, 11) is 3.25. The Labute approximate surface area is 174 Å². The number of anilines is 1. The van der Waals surface area contributed by atoms with Crippen molar-refractivity contribution in [2.45, 2.75) is 44.8 Å². The van der Waals surface area contributed by atoms with Crippen LogP contribution in [0.4, 0.5) is 5.95 Å². The molecule has 0 amide bonds. The average Bonchev–Trinajstić information content (AvgIpc) is 3.07. The van der Waals surface area contributed by atoms with Gasteiger partial charge in [-0.15, -0.1) is 5.10 Å². The summed E-state index contributed by atoms with van der Waals surface area (Å²) in [5, 5.41) is 8.80. The van der Waals surface area contributed by atoms with Gasteiger partial charge < -0.3 is 14.8 Å². The molecule has 1 aliphatic heterocycles. The number of methoxy groups -OCH3 is 2. The second-order valence-electron chi connectivity index (χ2n) is 8.06. The van der Waals surface area contributed by atoms with Gasteiger partial charge >= 0.3 is 0 Å². The SMILES string of the molecule is CCSc1nc2n(n1)[C@H](c1ccc(OC)cc1OC)C1=C(CC(C)(C)CC1=O)N2. The fourth-order valence-electron chi connectivity index (χ4n) is 4.11. The minimum atomic E-state index is -0.385. The fraction of sp³-hybridized carbons (Fsp3) is 0.476. The average molecular weight is 415 g/mol. The van der Waals surface area contributed by atoms with Gasteiger partial charge in [-0.3, -0.25) is 4.79 Å². The lowest BCUT2D eigenvalue weighted by molar-refractivity contribution is -0.118. The van der Waals surface area contributed by atoms with Gasteiger partial charge in [-0.25, -0.2) is 4.68 Å². The molecule has 1 atom stereocenters. The Hall–Kier alpha value is -2.48. The van der Waals surface area contributed by atoms with Crippen molar-refractivity contribution in [1.82, 2.24) is 14.8 Å². The zero-order valence-corrected chi connectivity index (χ0v) is 18.2. The molecule has 1 aliphatic carbocycles. The topological polar surface area (TPSA) is 78.3 Å². The van der Waals surface area contributed by atoms with Crippen LogP contribution in [0.5, 0.6) is 11.5 Å². The number of thioether (sulfide) groups is 1. The number of nitrogens with zero attached hydrogens (tertiary/aromatic N) is 3. The first-order valence-corrected chi connectivity index (χ1v) is 10.7. The highest BCUT2D eigenvalue weighted by molar-refractivity contribution is 7.99. The van der Waals surface area contributed by atoms with E-state index in [1.165, 1.54) is 0 Å². The number of benzene rings is 1. The van der Waals surface area contributed by atoms with E-state index in [9.17, 15) is 4.79 Å². The summed E-state index contributed by atoms with van der Waals surface area (Å²) >= 11 is 1.58. The number of allylic oxidation sites excluding steroid dienone is 2. The number of ether oxygens (including phenoxy) is 2. The molecule has 7 nitrogen and oxygen atoms in total. The first kappa shape index (κ1) is 19.8. The van der Waals surface area contributed by atoms with Crippen LogP contribution in [0.25, 0.3) is 0 Å². The number of fused-ring (bicyclic) bond motifs is 1. The highest BCUT2D eigenvalue weighted by Crippen LogP contribution is 2.47. The maximum absolute atomic E-state index is 13.3. The summed E-state index contributed by atoms with van der Waals surface area (Å²) in [4.78, 5) is 17.9. The highest BCUT2D eigenvalue weighted by atomic mass is 32.2. The van der Waals surface area contributed by atoms with E-state index in [4.69, 9.17) is 14.6 Å². The lowest BCUT2D eigenvalue weighted by atomic mass is 9.73. The molecule has 2 aromatic rings. The monoisotopic (exact) mass is 414 g/mol. The molecule has 0 fully saturated rings. The summed E-state index contributed by atoms with van der Waals surface area (Å²) < 4.78 is 12.8. The molecule has 2 aliphatic rings. The minimum absolute atomic E-state index is 0.0966. The zero-order chi connectivity index (χ0) is 20.8. The molecule has 29 heavy (non-hydrogen) atoms. The molecule has 0 bridgehead atoms. The second-order valence-corrected chi connectivity index (χ2v) is 9.30. The minimum Gasteiger partial charge on any atom is -0.497 e. The third-order valence-electron chi connectivity index (χ3n) is 5.32. The van der Waals surface area contributed by atoms with Crippen LogP contribution < -0.4 is 14.8 Å². The summed E-state index contributed by atoms with van der Waals surface area (Å²) in [5.74, 6) is 3.03. The maximum atomic E-state index is 13.3. The number of carbonyl (C=O) groups is 1. The third kappa shape index (κ3) is 3.50. The van der Waals surface area contributed by atoms with Crippen molar-refractivity contribution in [3.8, 4) is 11.5 Å². The zero-order valence-electron chi connectivity index (χ0n) is 17.4. The van der Waals surface area contributed by atoms with Gasteiger partial charge in [0, 0.05) is 29.3 Å². The standard InChI is InChI=1S/C21H26N4O3S/c1-6-29-20-23-19-22-14-10-21(2,3)11-15(26)17(14)18(25(19)24-20)13-8-7-12(27-4)9-16(13)28-5/h7-9,18H,6,10-11H2,1-5H3,(H,22,23,24)/t18-/m1/s1. The number of hydrogen-bond acceptors (Lipinski definition) is 7. The van der Waals surface area contributed by atoms with Crippen LogP contribution >= 0.6 is 11.8 Å². The fourth-order valence-corrected chi connectivity index (χ4v) is 4.67. The molecule has 1 aromatic heterocycles. The molecule has 8 heteroatoms. The second kappa shape index (κ2) is 7.40. The van der Waals surface area contributed by atoms with Crippen LogP contribution in [0, 0.1) is 5.41 Å². The third-order valence-corrected chi connectivity index (χ3v) is 6.04. The van der Waals surface area contributed by atoms with Crippen molar-refractivity contribution in [3.63, 3.8) is 0 Å².